The third-order valence-electron chi connectivity index (χ3n) is 3.45. The first-order chi connectivity index (χ1) is 8.84. The van der Waals surface area contributed by atoms with Crippen LogP contribution in [-0.4, -0.2) is 47.9 Å². The second-order valence-corrected chi connectivity index (χ2v) is 6.07. The Morgan fingerprint density at radius 1 is 1.21 bits per heavy atom. The summed E-state index contributed by atoms with van der Waals surface area (Å²) in [5.41, 5.74) is 6.35. The number of anilines is 2. The summed E-state index contributed by atoms with van der Waals surface area (Å²) < 4.78 is 1.75. The van der Waals surface area contributed by atoms with E-state index in [1.807, 2.05) is 20.8 Å². The fraction of sp³-hybridized carbons (Fsp3) is 0.692. The molecule has 104 valence electrons. The molecule has 0 spiro atoms. The number of hydrogen-bond acceptors (Lipinski definition) is 5. The van der Waals surface area contributed by atoms with E-state index < -0.39 is 0 Å². The second kappa shape index (κ2) is 4.74. The van der Waals surface area contributed by atoms with E-state index in [2.05, 4.69) is 28.0 Å². The largest absolute Gasteiger partial charge is 0.383 e. The zero-order chi connectivity index (χ0) is 14.2. The van der Waals surface area contributed by atoms with Crippen molar-refractivity contribution in [3.63, 3.8) is 0 Å². The Hall–Kier alpha value is -1.74. The summed E-state index contributed by atoms with van der Waals surface area (Å²) in [7, 11) is 2.10. The second-order valence-electron chi connectivity index (χ2n) is 6.07. The van der Waals surface area contributed by atoms with Gasteiger partial charge in [0.2, 0.25) is 0 Å². The van der Waals surface area contributed by atoms with Gasteiger partial charge in [0, 0.05) is 26.2 Å². The number of nitrogens with zero attached hydrogens (tertiary/aromatic N) is 5. The molecule has 2 N–H and O–H groups in total. The van der Waals surface area contributed by atoms with E-state index in [0.29, 0.717) is 11.4 Å². The SMILES string of the molecule is CN1CCN(c2nn(C(C)(C)C)c(N)c2C#N)CC1. The first-order valence-electron chi connectivity index (χ1n) is 6.57. The molecular weight excluding hydrogens is 240 g/mol. The van der Waals surface area contributed by atoms with Crippen LogP contribution >= 0.6 is 0 Å². The molecule has 19 heavy (non-hydrogen) atoms. The highest BCUT2D eigenvalue weighted by Gasteiger charge is 2.27. The van der Waals surface area contributed by atoms with Gasteiger partial charge in [-0.15, -0.1) is 0 Å². The van der Waals surface area contributed by atoms with Gasteiger partial charge in [0.1, 0.15) is 17.5 Å². The minimum absolute atomic E-state index is 0.222. The Bertz CT molecular complexity index is 496. The summed E-state index contributed by atoms with van der Waals surface area (Å²) in [6, 6.07) is 2.20. The lowest BCUT2D eigenvalue weighted by molar-refractivity contribution is 0.310. The number of nitriles is 1. The molecule has 2 heterocycles. The van der Waals surface area contributed by atoms with Gasteiger partial charge >= 0.3 is 0 Å². The van der Waals surface area contributed by atoms with Crippen LogP contribution in [0.4, 0.5) is 11.6 Å². The Morgan fingerprint density at radius 3 is 2.26 bits per heavy atom. The summed E-state index contributed by atoms with van der Waals surface area (Å²) in [5, 5.41) is 13.9. The van der Waals surface area contributed by atoms with Crippen molar-refractivity contribution in [3.05, 3.63) is 5.56 Å². The number of nitrogens with two attached hydrogens (primary N) is 1. The molecule has 2 rings (SSSR count). The molecule has 0 saturated carbocycles. The first kappa shape index (κ1) is 13.7. The van der Waals surface area contributed by atoms with E-state index in [9.17, 15) is 5.26 Å². The van der Waals surface area contributed by atoms with Gasteiger partial charge in [-0.3, -0.25) is 0 Å². The van der Waals surface area contributed by atoms with Crippen molar-refractivity contribution >= 4 is 11.6 Å². The zero-order valence-electron chi connectivity index (χ0n) is 12.1. The third-order valence-corrected chi connectivity index (χ3v) is 3.45. The molecule has 6 nitrogen and oxygen atoms in total. The predicted octanol–water partition coefficient (Wildman–Crippen LogP) is 0.844. The van der Waals surface area contributed by atoms with Gasteiger partial charge in [-0.05, 0) is 27.8 Å². The molecule has 1 aromatic rings. The summed E-state index contributed by atoms with van der Waals surface area (Å²) >= 11 is 0. The average molecular weight is 262 g/mol. The molecule has 0 bridgehead atoms. The van der Waals surface area contributed by atoms with E-state index >= 15 is 0 Å². The van der Waals surface area contributed by atoms with Crippen molar-refractivity contribution in [2.75, 3.05) is 43.9 Å². The lowest BCUT2D eigenvalue weighted by atomic mass is 10.1. The van der Waals surface area contributed by atoms with Crippen molar-refractivity contribution in [3.8, 4) is 6.07 Å². The zero-order valence-corrected chi connectivity index (χ0v) is 12.1. The van der Waals surface area contributed by atoms with Gasteiger partial charge in [0.05, 0.1) is 5.54 Å². The van der Waals surface area contributed by atoms with Crippen molar-refractivity contribution in [2.24, 2.45) is 0 Å². The van der Waals surface area contributed by atoms with Gasteiger partial charge in [0.15, 0.2) is 5.82 Å². The quantitative estimate of drug-likeness (QED) is 0.812. The van der Waals surface area contributed by atoms with Gasteiger partial charge < -0.3 is 15.5 Å². The molecule has 0 aliphatic carbocycles. The molecule has 0 radical (unpaired) electrons. The Kier molecular flexibility index (Phi) is 3.42. The predicted molar refractivity (Wildman–Crippen MR) is 76.1 cm³/mol. The Morgan fingerprint density at radius 2 is 1.79 bits per heavy atom. The van der Waals surface area contributed by atoms with Crippen LogP contribution in [0, 0.1) is 11.3 Å². The molecule has 6 heteroatoms. The molecule has 1 saturated heterocycles. The van der Waals surface area contributed by atoms with Gasteiger partial charge in [-0.1, -0.05) is 0 Å². The highest BCUT2D eigenvalue weighted by Crippen LogP contribution is 2.29. The maximum Gasteiger partial charge on any atom is 0.171 e. The van der Waals surface area contributed by atoms with Crippen molar-refractivity contribution in [1.82, 2.24) is 14.7 Å². The van der Waals surface area contributed by atoms with Gasteiger partial charge in [-0.2, -0.15) is 10.4 Å². The lowest BCUT2D eigenvalue weighted by Gasteiger charge is -2.32. The van der Waals surface area contributed by atoms with Crippen LogP contribution in [0.2, 0.25) is 0 Å². The molecule has 0 amide bonds. The highest BCUT2D eigenvalue weighted by atomic mass is 15.4. The number of likely N-dealkylation sites (N-methyl/N-ethyl adjacent to an activating group) is 1. The normalized spacial score (nSPS) is 17.5. The van der Waals surface area contributed by atoms with E-state index in [-0.39, 0.29) is 5.54 Å². The van der Waals surface area contributed by atoms with Crippen LogP contribution in [-0.2, 0) is 5.54 Å². The minimum atomic E-state index is -0.222. The van der Waals surface area contributed by atoms with Crippen molar-refractivity contribution < 1.29 is 0 Å². The van der Waals surface area contributed by atoms with E-state index in [0.717, 1.165) is 32.0 Å². The summed E-state index contributed by atoms with van der Waals surface area (Å²) in [4.78, 5) is 4.42. The molecular formula is C13H22N6. The van der Waals surface area contributed by atoms with E-state index in [1.54, 1.807) is 4.68 Å². The Balaban J connectivity index is 2.38. The number of rotatable bonds is 1. The fourth-order valence-corrected chi connectivity index (χ4v) is 2.28. The standard InChI is InChI=1S/C13H22N6/c1-13(2,3)19-11(15)10(9-14)12(16-19)18-7-5-17(4)6-8-18/h5-8,15H2,1-4H3. The van der Waals surface area contributed by atoms with Crippen LogP contribution in [0.1, 0.15) is 26.3 Å². The Labute approximate surface area is 114 Å². The first-order valence-corrected chi connectivity index (χ1v) is 6.57. The molecule has 0 atom stereocenters. The number of aromatic nitrogens is 2. The van der Waals surface area contributed by atoms with Crippen LogP contribution in [0.3, 0.4) is 0 Å². The summed E-state index contributed by atoms with van der Waals surface area (Å²) in [6.45, 7) is 9.82. The molecule has 1 aromatic heterocycles. The molecule has 1 aliphatic heterocycles. The molecule has 1 fully saturated rings. The number of hydrogen-bond donors (Lipinski definition) is 1. The highest BCUT2D eigenvalue weighted by molar-refractivity contribution is 5.65. The minimum Gasteiger partial charge on any atom is -0.383 e. The van der Waals surface area contributed by atoms with Crippen molar-refractivity contribution in [1.29, 1.82) is 5.26 Å². The lowest BCUT2D eigenvalue weighted by Crippen LogP contribution is -2.45. The number of nitrogen functional groups attached to an aromatic ring is 1. The summed E-state index contributed by atoms with van der Waals surface area (Å²) in [6.07, 6.45) is 0. The van der Waals surface area contributed by atoms with Crippen LogP contribution in [0.25, 0.3) is 0 Å². The topological polar surface area (TPSA) is 74.1 Å². The van der Waals surface area contributed by atoms with Crippen molar-refractivity contribution in [2.45, 2.75) is 26.3 Å². The van der Waals surface area contributed by atoms with Gasteiger partial charge in [-0.25, -0.2) is 4.68 Å². The third kappa shape index (κ3) is 2.51. The number of piperazine rings is 1. The van der Waals surface area contributed by atoms with Crippen LogP contribution < -0.4 is 10.6 Å². The molecule has 0 aromatic carbocycles. The van der Waals surface area contributed by atoms with E-state index in [1.165, 1.54) is 0 Å². The summed E-state index contributed by atoms with van der Waals surface area (Å²) in [5.74, 6) is 1.19. The maximum atomic E-state index is 9.34. The maximum absolute atomic E-state index is 9.34. The fourth-order valence-electron chi connectivity index (χ4n) is 2.28. The molecule has 0 unspecified atom stereocenters. The van der Waals surface area contributed by atoms with E-state index in [4.69, 9.17) is 5.73 Å². The molecule has 1 aliphatic rings. The smallest absolute Gasteiger partial charge is 0.171 e. The monoisotopic (exact) mass is 262 g/mol. The van der Waals surface area contributed by atoms with Crippen LogP contribution in [0.5, 0.6) is 0 Å². The van der Waals surface area contributed by atoms with Crippen LogP contribution in [0.15, 0.2) is 0 Å². The average Bonchev–Trinajstić information content (AvgIpc) is 2.67. The van der Waals surface area contributed by atoms with Gasteiger partial charge in [0.25, 0.3) is 0 Å².